The van der Waals surface area contributed by atoms with Gasteiger partial charge in [-0.25, -0.2) is 8.42 Å². The molecule has 0 fully saturated rings. The van der Waals surface area contributed by atoms with Crippen molar-refractivity contribution in [3.05, 3.63) is 82.9 Å². The minimum atomic E-state index is -4.28. The van der Waals surface area contributed by atoms with Crippen LogP contribution >= 0.6 is 11.6 Å². The van der Waals surface area contributed by atoms with Crippen molar-refractivity contribution in [3.8, 4) is 11.5 Å². The van der Waals surface area contributed by atoms with Crippen molar-refractivity contribution in [2.75, 3.05) is 31.6 Å². The van der Waals surface area contributed by atoms with E-state index in [1.165, 1.54) is 37.3 Å². The van der Waals surface area contributed by atoms with Gasteiger partial charge in [-0.15, -0.1) is 0 Å². The second-order valence-corrected chi connectivity index (χ2v) is 12.9. The molecule has 0 radical (unpaired) electrons. The number of nitrogens with one attached hydrogen (secondary N) is 1. The van der Waals surface area contributed by atoms with Gasteiger partial charge in [0.1, 0.15) is 24.1 Å². The van der Waals surface area contributed by atoms with Crippen LogP contribution in [0.1, 0.15) is 38.3 Å². The zero-order valence-electron chi connectivity index (χ0n) is 25.5. The van der Waals surface area contributed by atoms with Gasteiger partial charge in [0, 0.05) is 24.2 Å². The highest BCUT2D eigenvalue weighted by Gasteiger charge is 2.35. The number of carbonyl (C=O) groups excluding carboxylic acids is 2. The lowest BCUT2D eigenvalue weighted by Crippen LogP contribution is -2.52. The summed E-state index contributed by atoms with van der Waals surface area (Å²) in [6.45, 7) is 7.53. The molecule has 11 heteroatoms. The monoisotopic (exact) mass is 629 g/mol. The topological polar surface area (TPSA) is 105 Å². The predicted molar refractivity (Wildman–Crippen MR) is 169 cm³/mol. The Bertz CT molecular complexity index is 1490. The summed E-state index contributed by atoms with van der Waals surface area (Å²) in [4.78, 5) is 29.1. The first-order valence-corrected chi connectivity index (χ1v) is 15.9. The highest BCUT2D eigenvalue weighted by Crippen LogP contribution is 2.36. The molecule has 0 aromatic heterocycles. The zero-order chi connectivity index (χ0) is 31.7. The molecule has 9 nitrogen and oxygen atoms in total. The lowest BCUT2D eigenvalue weighted by Gasteiger charge is -2.33. The Morgan fingerprint density at radius 1 is 0.953 bits per heavy atom. The van der Waals surface area contributed by atoms with E-state index in [0.717, 1.165) is 15.4 Å². The van der Waals surface area contributed by atoms with E-state index in [0.29, 0.717) is 23.7 Å². The standard InChI is InChI=1S/C32H40ClN3O6S/c1-7-28(32(38)34-19-22(2)3)35(20-24-10-12-25(33)13-11-24)31(37)21-36(29-18-26(41-5)14-17-30(29)42-6)43(39,40)27-15-8-23(4)9-16-27/h8-18,22,28H,7,19-21H2,1-6H3,(H,34,38). The average molecular weight is 630 g/mol. The van der Waals surface area contributed by atoms with Crippen LogP contribution in [-0.4, -0.2) is 58.5 Å². The number of benzene rings is 3. The molecule has 3 aromatic rings. The highest BCUT2D eigenvalue weighted by atomic mass is 35.5. The van der Waals surface area contributed by atoms with E-state index in [1.807, 2.05) is 27.7 Å². The summed E-state index contributed by atoms with van der Waals surface area (Å²) >= 11 is 6.09. The maximum absolute atomic E-state index is 14.3. The SMILES string of the molecule is CCC(C(=O)NCC(C)C)N(Cc1ccc(Cl)cc1)C(=O)CN(c1cc(OC)ccc1OC)S(=O)(=O)c1ccc(C)cc1. The molecule has 0 saturated carbocycles. The number of hydrogen-bond acceptors (Lipinski definition) is 6. The molecule has 0 saturated heterocycles. The molecule has 0 aliphatic heterocycles. The lowest BCUT2D eigenvalue weighted by molar-refractivity contribution is -0.140. The van der Waals surface area contributed by atoms with Gasteiger partial charge in [-0.05, 0) is 61.2 Å². The van der Waals surface area contributed by atoms with E-state index < -0.39 is 28.5 Å². The number of anilines is 1. The molecule has 43 heavy (non-hydrogen) atoms. The third-order valence-electron chi connectivity index (χ3n) is 6.88. The number of hydrogen-bond donors (Lipinski definition) is 1. The molecule has 3 rings (SSSR count). The van der Waals surface area contributed by atoms with Crippen LogP contribution in [0, 0.1) is 12.8 Å². The largest absolute Gasteiger partial charge is 0.497 e. The maximum Gasteiger partial charge on any atom is 0.264 e. The molecule has 0 spiro atoms. The van der Waals surface area contributed by atoms with Crippen molar-refractivity contribution in [2.45, 2.75) is 51.6 Å². The normalized spacial score (nSPS) is 12.0. The van der Waals surface area contributed by atoms with Crippen molar-refractivity contribution in [1.29, 1.82) is 0 Å². The Morgan fingerprint density at radius 3 is 2.16 bits per heavy atom. The Labute approximate surface area is 259 Å². The smallest absolute Gasteiger partial charge is 0.264 e. The zero-order valence-corrected chi connectivity index (χ0v) is 27.0. The molecule has 1 N–H and O–H groups in total. The van der Waals surface area contributed by atoms with Crippen LogP contribution in [0.4, 0.5) is 5.69 Å². The number of ether oxygens (including phenoxy) is 2. The fraction of sp³-hybridized carbons (Fsp3) is 0.375. The summed E-state index contributed by atoms with van der Waals surface area (Å²) in [6, 6.07) is 17.2. The van der Waals surface area contributed by atoms with Crippen molar-refractivity contribution >= 4 is 39.1 Å². The van der Waals surface area contributed by atoms with Gasteiger partial charge >= 0.3 is 0 Å². The molecule has 0 aliphatic carbocycles. The Hall–Kier alpha value is -3.76. The summed E-state index contributed by atoms with van der Waals surface area (Å²) in [6.07, 6.45) is 0.316. The first-order valence-electron chi connectivity index (χ1n) is 14.0. The molecule has 0 aliphatic rings. The van der Waals surface area contributed by atoms with Gasteiger partial charge in [0.2, 0.25) is 11.8 Å². The van der Waals surface area contributed by atoms with Crippen LogP contribution in [0.3, 0.4) is 0 Å². The number of aryl methyl sites for hydroxylation is 1. The van der Waals surface area contributed by atoms with Gasteiger partial charge in [-0.2, -0.15) is 0 Å². The minimum Gasteiger partial charge on any atom is -0.497 e. The highest BCUT2D eigenvalue weighted by molar-refractivity contribution is 7.92. The van der Waals surface area contributed by atoms with E-state index in [1.54, 1.807) is 48.5 Å². The Balaban J connectivity index is 2.13. The van der Waals surface area contributed by atoms with Crippen LogP contribution in [0.25, 0.3) is 0 Å². The number of amides is 2. The van der Waals surface area contributed by atoms with Crippen LogP contribution in [0.2, 0.25) is 5.02 Å². The van der Waals surface area contributed by atoms with E-state index in [4.69, 9.17) is 21.1 Å². The van der Waals surface area contributed by atoms with Crippen LogP contribution in [0.5, 0.6) is 11.5 Å². The minimum absolute atomic E-state index is 0.00161. The first-order chi connectivity index (χ1) is 20.4. The number of methoxy groups -OCH3 is 2. The first kappa shape index (κ1) is 33.7. The molecular formula is C32H40ClN3O6S. The number of sulfonamides is 1. The predicted octanol–water partition coefficient (Wildman–Crippen LogP) is 5.44. The number of carbonyl (C=O) groups is 2. The van der Waals surface area contributed by atoms with Crippen molar-refractivity contribution in [1.82, 2.24) is 10.2 Å². The van der Waals surface area contributed by atoms with Crippen LogP contribution in [-0.2, 0) is 26.2 Å². The van der Waals surface area contributed by atoms with Gasteiger partial charge in [-0.3, -0.25) is 13.9 Å². The van der Waals surface area contributed by atoms with E-state index in [-0.39, 0.29) is 34.7 Å². The van der Waals surface area contributed by atoms with Crippen LogP contribution < -0.4 is 19.1 Å². The molecule has 232 valence electrons. The quantitative estimate of drug-likeness (QED) is 0.255. The second kappa shape index (κ2) is 15.1. The number of halogens is 1. The van der Waals surface area contributed by atoms with Crippen LogP contribution in [0.15, 0.2) is 71.6 Å². The fourth-order valence-corrected chi connectivity index (χ4v) is 6.01. The van der Waals surface area contributed by atoms with E-state index in [9.17, 15) is 18.0 Å². The van der Waals surface area contributed by atoms with Crippen molar-refractivity contribution in [3.63, 3.8) is 0 Å². The summed E-state index contributed by atoms with van der Waals surface area (Å²) in [5, 5.41) is 3.45. The van der Waals surface area contributed by atoms with Crippen molar-refractivity contribution in [2.24, 2.45) is 5.92 Å². The molecule has 0 bridgehead atoms. The van der Waals surface area contributed by atoms with E-state index >= 15 is 0 Å². The molecular weight excluding hydrogens is 590 g/mol. The number of nitrogens with zero attached hydrogens (tertiary/aromatic N) is 2. The summed E-state index contributed by atoms with van der Waals surface area (Å²) in [7, 11) is -1.39. The summed E-state index contributed by atoms with van der Waals surface area (Å²) < 4.78 is 40.3. The Kier molecular flexibility index (Phi) is 11.9. The van der Waals surface area contributed by atoms with Gasteiger partial charge in [0.15, 0.2) is 0 Å². The van der Waals surface area contributed by atoms with Crippen molar-refractivity contribution < 1.29 is 27.5 Å². The molecule has 1 unspecified atom stereocenters. The Morgan fingerprint density at radius 2 is 1.60 bits per heavy atom. The van der Waals surface area contributed by atoms with Gasteiger partial charge in [0.05, 0.1) is 24.8 Å². The summed E-state index contributed by atoms with van der Waals surface area (Å²) in [5.41, 5.74) is 1.74. The lowest BCUT2D eigenvalue weighted by atomic mass is 10.1. The summed E-state index contributed by atoms with van der Waals surface area (Å²) in [5.74, 6) is -0.0647. The maximum atomic E-state index is 14.3. The van der Waals surface area contributed by atoms with Gasteiger partial charge in [-0.1, -0.05) is 62.2 Å². The molecule has 3 aromatic carbocycles. The van der Waals surface area contributed by atoms with Gasteiger partial charge < -0.3 is 19.7 Å². The third-order valence-corrected chi connectivity index (χ3v) is 8.91. The second-order valence-electron chi connectivity index (χ2n) is 10.6. The average Bonchev–Trinajstić information content (AvgIpc) is 2.99. The molecule has 2 amide bonds. The van der Waals surface area contributed by atoms with E-state index in [2.05, 4.69) is 5.32 Å². The number of rotatable bonds is 14. The molecule has 1 atom stereocenters. The van der Waals surface area contributed by atoms with Gasteiger partial charge in [0.25, 0.3) is 10.0 Å². The third kappa shape index (κ3) is 8.64. The fourth-order valence-electron chi connectivity index (χ4n) is 4.47. The molecule has 0 heterocycles.